The van der Waals surface area contributed by atoms with E-state index in [4.69, 9.17) is 0 Å². The SMILES string of the molecule is CCCCCCc1ccc(C#CC2CCC(C3CCC(CCC)CC3)CC2)cc1. The van der Waals surface area contributed by atoms with Gasteiger partial charge in [0.2, 0.25) is 0 Å². The van der Waals surface area contributed by atoms with E-state index in [0.717, 1.165) is 17.8 Å². The Morgan fingerprint density at radius 3 is 2.00 bits per heavy atom. The summed E-state index contributed by atoms with van der Waals surface area (Å²) in [6.45, 7) is 4.62. The van der Waals surface area contributed by atoms with Crippen molar-refractivity contribution in [3.63, 3.8) is 0 Å². The van der Waals surface area contributed by atoms with Crippen molar-refractivity contribution < 1.29 is 0 Å². The summed E-state index contributed by atoms with van der Waals surface area (Å²) in [5.74, 6) is 10.8. The Bertz CT molecular complexity index is 612. The van der Waals surface area contributed by atoms with Crippen LogP contribution < -0.4 is 0 Å². The highest BCUT2D eigenvalue weighted by molar-refractivity contribution is 5.36. The number of hydrogen-bond donors (Lipinski definition) is 0. The first-order valence-corrected chi connectivity index (χ1v) is 12.9. The van der Waals surface area contributed by atoms with Gasteiger partial charge in [-0.2, -0.15) is 0 Å². The zero-order valence-corrected chi connectivity index (χ0v) is 19.2. The molecule has 0 atom stereocenters. The number of benzene rings is 1. The average Bonchev–Trinajstić information content (AvgIpc) is 2.77. The van der Waals surface area contributed by atoms with E-state index < -0.39 is 0 Å². The molecule has 2 aliphatic carbocycles. The molecule has 0 heterocycles. The van der Waals surface area contributed by atoms with Gasteiger partial charge in [0.25, 0.3) is 0 Å². The predicted molar refractivity (Wildman–Crippen MR) is 127 cm³/mol. The Hall–Kier alpha value is -1.22. The Morgan fingerprint density at radius 1 is 0.724 bits per heavy atom. The second kappa shape index (κ2) is 12.5. The zero-order valence-electron chi connectivity index (χ0n) is 19.2. The van der Waals surface area contributed by atoms with Crippen molar-refractivity contribution in [1.29, 1.82) is 0 Å². The molecule has 0 aromatic heterocycles. The Balaban J connectivity index is 1.38. The molecule has 2 aliphatic rings. The van der Waals surface area contributed by atoms with Gasteiger partial charge in [-0.05, 0) is 86.8 Å². The summed E-state index contributed by atoms with van der Waals surface area (Å²) in [6.07, 6.45) is 21.0. The molecule has 0 N–H and O–H groups in total. The number of unbranched alkanes of at least 4 members (excludes halogenated alkanes) is 3. The van der Waals surface area contributed by atoms with Crippen molar-refractivity contribution >= 4 is 0 Å². The fraction of sp³-hybridized carbons (Fsp3) is 0.724. The molecule has 0 unspecified atom stereocenters. The summed E-state index contributed by atoms with van der Waals surface area (Å²) in [6, 6.07) is 9.06. The maximum atomic E-state index is 3.61. The monoisotopic (exact) mass is 392 g/mol. The van der Waals surface area contributed by atoms with Crippen LogP contribution in [0.1, 0.15) is 115 Å². The van der Waals surface area contributed by atoms with Crippen LogP contribution in [0.5, 0.6) is 0 Å². The van der Waals surface area contributed by atoms with Crippen LogP contribution in [-0.4, -0.2) is 0 Å². The first-order valence-electron chi connectivity index (χ1n) is 12.9. The third kappa shape index (κ3) is 7.51. The lowest BCUT2D eigenvalue weighted by Gasteiger charge is -2.37. The average molecular weight is 393 g/mol. The van der Waals surface area contributed by atoms with Crippen molar-refractivity contribution in [3.8, 4) is 11.8 Å². The van der Waals surface area contributed by atoms with E-state index in [9.17, 15) is 0 Å². The minimum Gasteiger partial charge on any atom is -0.0945 e. The van der Waals surface area contributed by atoms with E-state index in [1.165, 1.54) is 107 Å². The molecular weight excluding hydrogens is 348 g/mol. The van der Waals surface area contributed by atoms with Crippen molar-refractivity contribution in [2.45, 2.75) is 110 Å². The molecule has 3 rings (SSSR count). The Morgan fingerprint density at radius 2 is 1.38 bits per heavy atom. The molecule has 29 heavy (non-hydrogen) atoms. The minimum atomic E-state index is 0.636. The lowest BCUT2D eigenvalue weighted by atomic mass is 9.69. The maximum absolute atomic E-state index is 3.61. The zero-order chi connectivity index (χ0) is 20.3. The minimum absolute atomic E-state index is 0.636. The molecule has 2 saturated carbocycles. The first-order chi connectivity index (χ1) is 14.3. The van der Waals surface area contributed by atoms with Crippen molar-refractivity contribution in [2.75, 3.05) is 0 Å². The van der Waals surface area contributed by atoms with Crippen LogP contribution in [0.2, 0.25) is 0 Å². The summed E-state index contributed by atoms with van der Waals surface area (Å²) in [7, 11) is 0. The van der Waals surface area contributed by atoms with E-state index in [1.807, 2.05) is 0 Å². The number of aryl methyl sites for hydroxylation is 1. The van der Waals surface area contributed by atoms with Gasteiger partial charge < -0.3 is 0 Å². The summed E-state index contributed by atoms with van der Waals surface area (Å²) >= 11 is 0. The molecule has 0 bridgehead atoms. The van der Waals surface area contributed by atoms with Gasteiger partial charge in [0.1, 0.15) is 0 Å². The van der Waals surface area contributed by atoms with Gasteiger partial charge >= 0.3 is 0 Å². The second-order valence-electron chi connectivity index (χ2n) is 9.96. The highest BCUT2D eigenvalue weighted by Gasteiger charge is 2.30. The van der Waals surface area contributed by atoms with Crippen molar-refractivity contribution in [2.24, 2.45) is 23.7 Å². The molecule has 0 nitrogen and oxygen atoms in total. The highest BCUT2D eigenvalue weighted by atomic mass is 14.3. The molecule has 0 aliphatic heterocycles. The van der Waals surface area contributed by atoms with Crippen LogP contribution in [0, 0.1) is 35.5 Å². The molecule has 0 amide bonds. The number of hydrogen-bond acceptors (Lipinski definition) is 0. The normalized spacial score (nSPS) is 27.2. The maximum Gasteiger partial charge on any atom is 0.0245 e. The molecule has 160 valence electrons. The molecule has 0 heteroatoms. The Labute approximate surface area is 181 Å². The van der Waals surface area contributed by atoms with Crippen molar-refractivity contribution in [3.05, 3.63) is 35.4 Å². The highest BCUT2D eigenvalue weighted by Crippen LogP contribution is 2.42. The molecular formula is C29H44. The van der Waals surface area contributed by atoms with E-state index in [-0.39, 0.29) is 0 Å². The third-order valence-corrected chi connectivity index (χ3v) is 7.72. The lowest BCUT2D eigenvalue weighted by molar-refractivity contribution is 0.154. The van der Waals surface area contributed by atoms with Gasteiger partial charge in [-0.25, -0.2) is 0 Å². The van der Waals surface area contributed by atoms with Gasteiger partial charge in [0, 0.05) is 11.5 Å². The summed E-state index contributed by atoms with van der Waals surface area (Å²) in [4.78, 5) is 0. The van der Waals surface area contributed by atoms with Crippen LogP contribution in [0.25, 0.3) is 0 Å². The van der Waals surface area contributed by atoms with Crippen LogP contribution in [0.4, 0.5) is 0 Å². The molecule has 2 fully saturated rings. The van der Waals surface area contributed by atoms with E-state index in [2.05, 4.69) is 50.0 Å². The topological polar surface area (TPSA) is 0 Å². The molecule has 0 spiro atoms. The van der Waals surface area contributed by atoms with Crippen molar-refractivity contribution in [1.82, 2.24) is 0 Å². The fourth-order valence-corrected chi connectivity index (χ4v) is 5.79. The summed E-state index contributed by atoms with van der Waals surface area (Å²) in [5, 5.41) is 0. The van der Waals surface area contributed by atoms with E-state index in [1.54, 1.807) is 0 Å². The molecule has 0 radical (unpaired) electrons. The first kappa shape index (κ1) is 22.5. The van der Waals surface area contributed by atoms with Crippen LogP contribution >= 0.6 is 0 Å². The van der Waals surface area contributed by atoms with Gasteiger partial charge in [0.15, 0.2) is 0 Å². The predicted octanol–water partition coefficient (Wildman–Crippen LogP) is 8.57. The van der Waals surface area contributed by atoms with Crippen LogP contribution in [0.15, 0.2) is 24.3 Å². The van der Waals surface area contributed by atoms with Gasteiger partial charge in [-0.15, -0.1) is 0 Å². The smallest absolute Gasteiger partial charge is 0.0245 e. The van der Waals surface area contributed by atoms with Crippen LogP contribution in [-0.2, 0) is 6.42 Å². The van der Waals surface area contributed by atoms with Gasteiger partial charge in [-0.1, -0.05) is 82.8 Å². The van der Waals surface area contributed by atoms with E-state index >= 15 is 0 Å². The Kier molecular flexibility index (Phi) is 9.66. The number of rotatable bonds is 8. The largest absolute Gasteiger partial charge is 0.0945 e. The van der Waals surface area contributed by atoms with Gasteiger partial charge in [0.05, 0.1) is 0 Å². The van der Waals surface area contributed by atoms with Gasteiger partial charge in [-0.3, -0.25) is 0 Å². The third-order valence-electron chi connectivity index (χ3n) is 7.72. The fourth-order valence-electron chi connectivity index (χ4n) is 5.79. The second-order valence-corrected chi connectivity index (χ2v) is 9.96. The quantitative estimate of drug-likeness (QED) is 0.307. The van der Waals surface area contributed by atoms with E-state index in [0.29, 0.717) is 5.92 Å². The standard InChI is InChI=1S/C29H44/c1-3-5-6-7-9-25-10-12-26(13-11-25)14-15-27-18-22-29(23-19-27)28-20-16-24(8-4-2)17-21-28/h10-13,24,27-29H,3-9,16-23H2,1-2H3. The molecule has 1 aromatic rings. The van der Waals surface area contributed by atoms with Crippen LogP contribution in [0.3, 0.4) is 0 Å². The summed E-state index contributed by atoms with van der Waals surface area (Å²) < 4.78 is 0. The summed E-state index contributed by atoms with van der Waals surface area (Å²) in [5.41, 5.74) is 2.68. The lowest BCUT2D eigenvalue weighted by Crippen LogP contribution is -2.25. The molecule has 0 saturated heterocycles. The molecule has 1 aromatic carbocycles.